The number of primary amides is 1. The molecule has 6 nitrogen and oxygen atoms in total. The zero-order chi connectivity index (χ0) is 15.5. The Balaban J connectivity index is 2.63. The number of amides is 3. The van der Waals surface area contributed by atoms with Crippen LogP contribution >= 0.6 is 0 Å². The highest BCUT2D eigenvalue weighted by Crippen LogP contribution is 2.24. The summed E-state index contributed by atoms with van der Waals surface area (Å²) in [4.78, 5) is 24.8. The van der Waals surface area contributed by atoms with E-state index in [9.17, 15) is 9.59 Å². The van der Waals surface area contributed by atoms with Crippen LogP contribution in [0.1, 0.15) is 41.0 Å². The number of nitrogens with one attached hydrogen (secondary N) is 1. The molecule has 3 amide bonds. The Morgan fingerprint density at radius 1 is 1.30 bits per heavy atom. The summed E-state index contributed by atoms with van der Waals surface area (Å²) in [5, 5.41) is 2.83. The number of likely N-dealkylation sites (tertiary alicyclic amines) is 1. The van der Waals surface area contributed by atoms with E-state index in [0.717, 1.165) is 6.42 Å². The van der Waals surface area contributed by atoms with E-state index in [1.165, 1.54) is 0 Å². The lowest BCUT2D eigenvalue weighted by Crippen LogP contribution is -2.55. The Kier molecular flexibility index (Phi) is 5.25. The molecule has 1 saturated heterocycles. The SMILES string of the molecule is CC(C)C1CC(NC(=O)OC(C)(C)C)CN(C(N)=O)C1. The molecule has 0 radical (unpaired) electrons. The van der Waals surface area contributed by atoms with E-state index in [1.54, 1.807) is 4.90 Å². The van der Waals surface area contributed by atoms with Crippen molar-refractivity contribution in [1.29, 1.82) is 0 Å². The quantitative estimate of drug-likeness (QED) is 0.813. The van der Waals surface area contributed by atoms with Gasteiger partial charge in [-0.05, 0) is 39.0 Å². The van der Waals surface area contributed by atoms with Gasteiger partial charge in [-0.3, -0.25) is 0 Å². The number of nitrogens with two attached hydrogens (primary N) is 1. The second-order valence-electron chi connectivity index (χ2n) is 6.83. The van der Waals surface area contributed by atoms with E-state index in [-0.39, 0.29) is 6.04 Å². The number of ether oxygens (including phenoxy) is 1. The Morgan fingerprint density at radius 3 is 2.35 bits per heavy atom. The van der Waals surface area contributed by atoms with Crippen LogP contribution in [0.2, 0.25) is 0 Å². The summed E-state index contributed by atoms with van der Waals surface area (Å²) in [5.74, 6) is 0.760. The monoisotopic (exact) mass is 285 g/mol. The molecule has 1 fully saturated rings. The summed E-state index contributed by atoms with van der Waals surface area (Å²) in [6.45, 7) is 10.8. The van der Waals surface area contributed by atoms with Crippen molar-refractivity contribution < 1.29 is 14.3 Å². The largest absolute Gasteiger partial charge is 0.444 e. The molecule has 0 bridgehead atoms. The summed E-state index contributed by atoms with van der Waals surface area (Å²) in [6.07, 6.45) is 0.386. The third kappa shape index (κ3) is 5.27. The van der Waals surface area contributed by atoms with Crippen molar-refractivity contribution >= 4 is 12.1 Å². The molecule has 0 spiro atoms. The fraction of sp³-hybridized carbons (Fsp3) is 0.857. The lowest BCUT2D eigenvalue weighted by molar-refractivity contribution is 0.0451. The summed E-state index contributed by atoms with van der Waals surface area (Å²) in [6, 6.07) is -0.551. The zero-order valence-electron chi connectivity index (χ0n) is 13.1. The number of rotatable bonds is 2. The van der Waals surface area contributed by atoms with Gasteiger partial charge in [0.1, 0.15) is 5.60 Å². The molecule has 2 atom stereocenters. The van der Waals surface area contributed by atoms with Crippen molar-refractivity contribution in [2.24, 2.45) is 17.6 Å². The van der Waals surface area contributed by atoms with Gasteiger partial charge in [-0.1, -0.05) is 13.8 Å². The number of urea groups is 1. The highest BCUT2D eigenvalue weighted by Gasteiger charge is 2.32. The summed E-state index contributed by atoms with van der Waals surface area (Å²) in [7, 11) is 0. The number of carbonyl (C=O) groups excluding carboxylic acids is 2. The van der Waals surface area contributed by atoms with Crippen LogP contribution < -0.4 is 11.1 Å². The van der Waals surface area contributed by atoms with Crippen molar-refractivity contribution in [3.8, 4) is 0 Å². The number of alkyl carbamates (subject to hydrolysis) is 1. The molecule has 0 aromatic heterocycles. The van der Waals surface area contributed by atoms with Crippen molar-refractivity contribution in [1.82, 2.24) is 10.2 Å². The van der Waals surface area contributed by atoms with Crippen LogP contribution in [0, 0.1) is 11.8 Å². The molecule has 116 valence electrons. The Morgan fingerprint density at radius 2 is 1.90 bits per heavy atom. The van der Waals surface area contributed by atoms with Gasteiger partial charge < -0.3 is 20.7 Å². The van der Waals surface area contributed by atoms with Gasteiger partial charge in [0, 0.05) is 13.1 Å². The van der Waals surface area contributed by atoms with Crippen molar-refractivity contribution in [2.75, 3.05) is 13.1 Å². The molecule has 0 saturated carbocycles. The molecule has 6 heteroatoms. The molecule has 0 aromatic carbocycles. The molecule has 3 N–H and O–H groups in total. The Labute approximate surface area is 121 Å². The van der Waals surface area contributed by atoms with Gasteiger partial charge in [-0.15, -0.1) is 0 Å². The van der Waals surface area contributed by atoms with E-state index in [0.29, 0.717) is 24.9 Å². The van der Waals surface area contributed by atoms with E-state index in [2.05, 4.69) is 19.2 Å². The third-order valence-electron chi connectivity index (χ3n) is 3.46. The molecule has 1 aliphatic rings. The van der Waals surface area contributed by atoms with Crippen LogP contribution in [0.4, 0.5) is 9.59 Å². The van der Waals surface area contributed by atoms with Gasteiger partial charge >= 0.3 is 12.1 Å². The average Bonchev–Trinajstić information content (AvgIpc) is 2.25. The molecular weight excluding hydrogens is 258 g/mol. The van der Waals surface area contributed by atoms with Crippen molar-refractivity contribution in [3.63, 3.8) is 0 Å². The van der Waals surface area contributed by atoms with Crippen LogP contribution in [-0.2, 0) is 4.74 Å². The fourth-order valence-electron chi connectivity index (χ4n) is 2.38. The van der Waals surface area contributed by atoms with E-state index >= 15 is 0 Å². The first-order valence-corrected chi connectivity index (χ1v) is 7.12. The van der Waals surface area contributed by atoms with Crippen LogP contribution in [0.3, 0.4) is 0 Å². The topological polar surface area (TPSA) is 84.7 Å². The highest BCUT2D eigenvalue weighted by atomic mass is 16.6. The normalized spacial score (nSPS) is 23.6. The van der Waals surface area contributed by atoms with Gasteiger partial charge in [0.2, 0.25) is 0 Å². The third-order valence-corrected chi connectivity index (χ3v) is 3.46. The number of hydrogen-bond acceptors (Lipinski definition) is 3. The Hall–Kier alpha value is -1.46. The summed E-state index contributed by atoms with van der Waals surface area (Å²) in [5.41, 5.74) is 4.84. The maximum absolute atomic E-state index is 11.8. The van der Waals surface area contributed by atoms with Crippen molar-refractivity contribution in [2.45, 2.75) is 52.7 Å². The maximum Gasteiger partial charge on any atom is 0.407 e. The number of piperidine rings is 1. The maximum atomic E-state index is 11.8. The minimum atomic E-state index is -0.528. The van der Waals surface area contributed by atoms with E-state index in [1.807, 2.05) is 20.8 Å². The molecule has 1 rings (SSSR count). The molecule has 0 aliphatic carbocycles. The zero-order valence-corrected chi connectivity index (χ0v) is 13.1. The van der Waals surface area contributed by atoms with E-state index < -0.39 is 17.7 Å². The molecule has 0 aromatic rings. The van der Waals surface area contributed by atoms with Gasteiger partial charge in [0.15, 0.2) is 0 Å². The molecule has 2 unspecified atom stereocenters. The first-order valence-electron chi connectivity index (χ1n) is 7.12. The Bertz CT molecular complexity index is 363. The van der Waals surface area contributed by atoms with Gasteiger partial charge in [0.25, 0.3) is 0 Å². The predicted octanol–water partition coefficient (Wildman–Crippen LogP) is 1.94. The summed E-state index contributed by atoms with van der Waals surface area (Å²) >= 11 is 0. The van der Waals surface area contributed by atoms with Gasteiger partial charge in [-0.2, -0.15) is 0 Å². The smallest absolute Gasteiger partial charge is 0.407 e. The lowest BCUT2D eigenvalue weighted by Gasteiger charge is -2.39. The number of carbonyl (C=O) groups is 2. The second kappa shape index (κ2) is 6.33. The predicted molar refractivity (Wildman–Crippen MR) is 77.3 cm³/mol. The molecule has 20 heavy (non-hydrogen) atoms. The van der Waals surface area contributed by atoms with Crippen molar-refractivity contribution in [3.05, 3.63) is 0 Å². The van der Waals surface area contributed by atoms with Crippen LogP contribution in [0.15, 0.2) is 0 Å². The minimum Gasteiger partial charge on any atom is -0.444 e. The number of nitrogens with zero attached hydrogens (tertiary/aromatic N) is 1. The fourth-order valence-corrected chi connectivity index (χ4v) is 2.38. The molecular formula is C14H27N3O3. The first-order chi connectivity index (χ1) is 9.08. The standard InChI is InChI=1S/C14H27N3O3/c1-9(2)10-6-11(8-17(7-10)12(15)18)16-13(19)20-14(3,4)5/h9-11H,6-8H2,1-5H3,(H2,15,18)(H,16,19). The first kappa shape index (κ1) is 16.6. The van der Waals surface area contributed by atoms with Crippen LogP contribution in [-0.4, -0.2) is 41.8 Å². The minimum absolute atomic E-state index is 0.113. The average molecular weight is 285 g/mol. The molecule has 1 heterocycles. The van der Waals surface area contributed by atoms with Gasteiger partial charge in [-0.25, -0.2) is 9.59 Å². The number of hydrogen-bond donors (Lipinski definition) is 2. The van der Waals surface area contributed by atoms with Gasteiger partial charge in [0.05, 0.1) is 6.04 Å². The lowest BCUT2D eigenvalue weighted by atomic mass is 9.85. The highest BCUT2D eigenvalue weighted by molar-refractivity contribution is 5.72. The van der Waals surface area contributed by atoms with Crippen LogP contribution in [0.5, 0.6) is 0 Å². The molecule has 1 aliphatic heterocycles. The summed E-state index contributed by atoms with van der Waals surface area (Å²) < 4.78 is 5.25. The van der Waals surface area contributed by atoms with E-state index in [4.69, 9.17) is 10.5 Å². The van der Waals surface area contributed by atoms with Crippen LogP contribution in [0.25, 0.3) is 0 Å². The second-order valence-corrected chi connectivity index (χ2v) is 6.83.